The highest BCUT2D eigenvalue weighted by Gasteiger charge is 2.36. The summed E-state index contributed by atoms with van der Waals surface area (Å²) in [7, 11) is 2.09. The fourth-order valence-corrected chi connectivity index (χ4v) is 2.36. The lowest BCUT2D eigenvalue weighted by Crippen LogP contribution is -2.39. The summed E-state index contributed by atoms with van der Waals surface area (Å²) >= 11 is 0. The Hall–Kier alpha value is -0.0800. The van der Waals surface area contributed by atoms with Crippen LogP contribution < -0.4 is 5.32 Å². The summed E-state index contributed by atoms with van der Waals surface area (Å²) < 4.78 is 5.50. The first kappa shape index (κ1) is 8.52. The van der Waals surface area contributed by atoms with Gasteiger partial charge in [0.1, 0.15) is 0 Å². The summed E-state index contributed by atoms with van der Waals surface area (Å²) in [6.45, 7) is 1.97. The zero-order valence-electron chi connectivity index (χ0n) is 7.88. The standard InChI is InChI=1S/C10H19NO/c1-11-10(8-4-5-8)9-3-2-6-12-7-9/h8-11H,2-7H2,1H3. The van der Waals surface area contributed by atoms with Crippen molar-refractivity contribution >= 4 is 0 Å². The molecule has 0 aromatic rings. The molecule has 1 saturated heterocycles. The SMILES string of the molecule is CNC(C1CC1)C1CCCOC1. The molecule has 0 aromatic carbocycles. The maximum atomic E-state index is 5.50. The van der Waals surface area contributed by atoms with Gasteiger partial charge in [0, 0.05) is 12.6 Å². The number of ether oxygens (including phenoxy) is 1. The molecular weight excluding hydrogens is 150 g/mol. The van der Waals surface area contributed by atoms with Crippen LogP contribution in [0.1, 0.15) is 25.7 Å². The minimum atomic E-state index is 0.741. The summed E-state index contributed by atoms with van der Waals surface area (Å²) in [5, 5.41) is 3.45. The summed E-state index contributed by atoms with van der Waals surface area (Å²) in [4.78, 5) is 0. The van der Waals surface area contributed by atoms with E-state index in [2.05, 4.69) is 12.4 Å². The predicted octanol–water partition coefficient (Wildman–Crippen LogP) is 1.41. The Morgan fingerprint density at radius 1 is 1.25 bits per heavy atom. The molecule has 0 amide bonds. The van der Waals surface area contributed by atoms with Gasteiger partial charge in [-0.1, -0.05) is 0 Å². The van der Waals surface area contributed by atoms with E-state index < -0.39 is 0 Å². The minimum Gasteiger partial charge on any atom is -0.381 e. The highest BCUT2D eigenvalue weighted by molar-refractivity contribution is 4.90. The molecule has 0 spiro atoms. The number of hydrogen-bond acceptors (Lipinski definition) is 2. The van der Waals surface area contributed by atoms with E-state index in [0.29, 0.717) is 0 Å². The lowest BCUT2D eigenvalue weighted by atomic mass is 9.91. The van der Waals surface area contributed by atoms with Gasteiger partial charge in [-0.05, 0) is 44.6 Å². The Labute approximate surface area is 74.7 Å². The summed E-state index contributed by atoms with van der Waals surface area (Å²) in [5.41, 5.74) is 0. The second-order valence-corrected chi connectivity index (χ2v) is 4.13. The van der Waals surface area contributed by atoms with Crippen molar-refractivity contribution in [3.8, 4) is 0 Å². The molecule has 0 radical (unpaired) electrons. The van der Waals surface area contributed by atoms with Crippen LogP contribution in [0.25, 0.3) is 0 Å². The second-order valence-electron chi connectivity index (χ2n) is 4.13. The zero-order valence-corrected chi connectivity index (χ0v) is 7.88. The maximum Gasteiger partial charge on any atom is 0.0509 e. The molecule has 2 heteroatoms. The Morgan fingerprint density at radius 3 is 2.58 bits per heavy atom. The smallest absolute Gasteiger partial charge is 0.0509 e. The fraction of sp³-hybridized carbons (Fsp3) is 1.00. The molecule has 1 aliphatic heterocycles. The van der Waals surface area contributed by atoms with Crippen molar-refractivity contribution < 1.29 is 4.74 Å². The third-order valence-corrected chi connectivity index (χ3v) is 3.17. The van der Waals surface area contributed by atoms with E-state index in [0.717, 1.165) is 31.1 Å². The molecule has 2 rings (SSSR count). The molecular formula is C10H19NO. The van der Waals surface area contributed by atoms with E-state index in [4.69, 9.17) is 4.74 Å². The van der Waals surface area contributed by atoms with Gasteiger partial charge in [0.15, 0.2) is 0 Å². The number of nitrogens with one attached hydrogen (secondary N) is 1. The summed E-state index contributed by atoms with van der Waals surface area (Å²) in [6, 6.07) is 0.741. The third-order valence-electron chi connectivity index (χ3n) is 3.17. The van der Waals surface area contributed by atoms with Crippen molar-refractivity contribution in [1.29, 1.82) is 0 Å². The zero-order chi connectivity index (χ0) is 8.39. The number of hydrogen-bond donors (Lipinski definition) is 1. The first-order valence-electron chi connectivity index (χ1n) is 5.17. The van der Waals surface area contributed by atoms with Gasteiger partial charge in [0.2, 0.25) is 0 Å². The average Bonchev–Trinajstić information content (AvgIpc) is 2.92. The van der Waals surface area contributed by atoms with Crippen molar-refractivity contribution in [2.24, 2.45) is 11.8 Å². The lowest BCUT2D eigenvalue weighted by molar-refractivity contribution is 0.0370. The van der Waals surface area contributed by atoms with Crippen LogP contribution >= 0.6 is 0 Å². The Balaban J connectivity index is 1.85. The number of rotatable bonds is 3. The van der Waals surface area contributed by atoms with Gasteiger partial charge in [-0.15, -0.1) is 0 Å². The van der Waals surface area contributed by atoms with Crippen molar-refractivity contribution in [2.45, 2.75) is 31.7 Å². The summed E-state index contributed by atoms with van der Waals surface area (Å²) in [6.07, 6.45) is 5.49. The molecule has 0 aromatic heterocycles. The van der Waals surface area contributed by atoms with E-state index in [1.807, 2.05) is 0 Å². The minimum absolute atomic E-state index is 0.741. The van der Waals surface area contributed by atoms with Gasteiger partial charge in [0.25, 0.3) is 0 Å². The average molecular weight is 169 g/mol. The molecule has 1 heterocycles. The fourth-order valence-electron chi connectivity index (χ4n) is 2.36. The van der Waals surface area contributed by atoms with E-state index in [1.54, 1.807) is 0 Å². The Kier molecular flexibility index (Phi) is 2.66. The quantitative estimate of drug-likeness (QED) is 0.689. The molecule has 1 aliphatic carbocycles. The van der Waals surface area contributed by atoms with Crippen LogP contribution in [0.5, 0.6) is 0 Å². The highest BCUT2D eigenvalue weighted by atomic mass is 16.5. The molecule has 2 aliphatic rings. The largest absolute Gasteiger partial charge is 0.381 e. The molecule has 0 bridgehead atoms. The topological polar surface area (TPSA) is 21.3 Å². The molecule has 12 heavy (non-hydrogen) atoms. The van der Waals surface area contributed by atoms with Crippen molar-refractivity contribution in [3.05, 3.63) is 0 Å². The van der Waals surface area contributed by atoms with E-state index in [1.165, 1.54) is 25.7 Å². The second kappa shape index (κ2) is 3.75. The van der Waals surface area contributed by atoms with Gasteiger partial charge in [0.05, 0.1) is 6.61 Å². The van der Waals surface area contributed by atoms with Crippen molar-refractivity contribution in [2.75, 3.05) is 20.3 Å². The van der Waals surface area contributed by atoms with Crippen LogP contribution in [-0.2, 0) is 4.74 Å². The first-order chi connectivity index (χ1) is 5.92. The summed E-state index contributed by atoms with van der Waals surface area (Å²) in [5.74, 6) is 1.75. The highest BCUT2D eigenvalue weighted by Crippen LogP contribution is 2.37. The van der Waals surface area contributed by atoms with Crippen molar-refractivity contribution in [1.82, 2.24) is 5.32 Å². The third kappa shape index (κ3) is 1.80. The van der Waals surface area contributed by atoms with E-state index >= 15 is 0 Å². The van der Waals surface area contributed by atoms with Crippen LogP contribution in [0.4, 0.5) is 0 Å². The van der Waals surface area contributed by atoms with Crippen LogP contribution in [-0.4, -0.2) is 26.3 Å². The molecule has 2 atom stereocenters. The molecule has 1 saturated carbocycles. The molecule has 2 unspecified atom stereocenters. The van der Waals surface area contributed by atoms with Gasteiger partial charge < -0.3 is 10.1 Å². The monoisotopic (exact) mass is 169 g/mol. The van der Waals surface area contributed by atoms with Crippen LogP contribution in [0.2, 0.25) is 0 Å². The van der Waals surface area contributed by atoms with Gasteiger partial charge in [-0.3, -0.25) is 0 Å². The van der Waals surface area contributed by atoms with Gasteiger partial charge >= 0.3 is 0 Å². The van der Waals surface area contributed by atoms with Crippen molar-refractivity contribution in [3.63, 3.8) is 0 Å². The van der Waals surface area contributed by atoms with Crippen LogP contribution in [0, 0.1) is 11.8 Å². The lowest BCUT2D eigenvalue weighted by Gasteiger charge is -2.30. The Bertz CT molecular complexity index is 139. The maximum absolute atomic E-state index is 5.50. The van der Waals surface area contributed by atoms with Gasteiger partial charge in [-0.25, -0.2) is 0 Å². The normalized spacial score (nSPS) is 33.2. The molecule has 70 valence electrons. The van der Waals surface area contributed by atoms with E-state index in [-0.39, 0.29) is 0 Å². The first-order valence-corrected chi connectivity index (χ1v) is 5.17. The Morgan fingerprint density at radius 2 is 2.08 bits per heavy atom. The van der Waals surface area contributed by atoms with Crippen LogP contribution in [0.3, 0.4) is 0 Å². The van der Waals surface area contributed by atoms with E-state index in [9.17, 15) is 0 Å². The van der Waals surface area contributed by atoms with Gasteiger partial charge in [-0.2, -0.15) is 0 Å². The molecule has 2 fully saturated rings. The molecule has 1 N–H and O–H groups in total. The predicted molar refractivity (Wildman–Crippen MR) is 49.1 cm³/mol. The molecule has 2 nitrogen and oxygen atoms in total. The van der Waals surface area contributed by atoms with Crippen LogP contribution in [0.15, 0.2) is 0 Å².